The van der Waals surface area contributed by atoms with Crippen LogP contribution >= 0.6 is 11.8 Å². The molecule has 2 aliphatic rings. The van der Waals surface area contributed by atoms with Crippen molar-refractivity contribution in [3.8, 4) is 0 Å². The Balaban J connectivity index is 1.23. The normalized spacial score (nSPS) is 16.5. The van der Waals surface area contributed by atoms with Gasteiger partial charge < -0.3 is 9.80 Å². The number of carbonyl (C=O) groups is 2. The first kappa shape index (κ1) is 21.7. The Morgan fingerprint density at radius 3 is 2.33 bits per heavy atom. The van der Waals surface area contributed by atoms with Gasteiger partial charge >= 0.3 is 0 Å². The Morgan fingerprint density at radius 2 is 1.52 bits per heavy atom. The summed E-state index contributed by atoms with van der Waals surface area (Å²) in [6.45, 7) is 4.59. The molecule has 0 spiro atoms. The molecule has 0 N–H and O–H groups in total. The summed E-state index contributed by atoms with van der Waals surface area (Å²) >= 11 is 1.58. The van der Waals surface area contributed by atoms with E-state index in [1.807, 2.05) is 58.3 Å². The first-order valence-corrected chi connectivity index (χ1v) is 12.3. The summed E-state index contributed by atoms with van der Waals surface area (Å²) in [4.78, 5) is 33.1. The van der Waals surface area contributed by atoms with E-state index in [1.54, 1.807) is 11.8 Å². The number of piperazine rings is 1. The highest BCUT2D eigenvalue weighted by Crippen LogP contribution is 2.35. The molecule has 0 unspecified atom stereocenters. The highest BCUT2D eigenvalue weighted by atomic mass is 32.2. The highest BCUT2D eigenvalue weighted by molar-refractivity contribution is 8.00. The van der Waals surface area contributed by atoms with Gasteiger partial charge in [-0.15, -0.1) is 11.8 Å². The minimum atomic E-state index is 0.0668. The molecule has 168 valence electrons. The molecule has 0 aliphatic carbocycles. The van der Waals surface area contributed by atoms with Crippen molar-refractivity contribution in [2.75, 3.05) is 36.8 Å². The largest absolute Gasteiger partial charge is 0.336 e. The SMILES string of the molecule is O=C(c1cccc(CN2C(=O)CSc3ccccc32)c1)N1CCN(Cc2ccccc2)CC1. The zero-order valence-electron chi connectivity index (χ0n) is 18.5. The predicted octanol–water partition coefficient (Wildman–Crippen LogP) is 4.28. The summed E-state index contributed by atoms with van der Waals surface area (Å²) in [6.07, 6.45) is 0. The van der Waals surface area contributed by atoms with Crippen LogP contribution in [-0.2, 0) is 17.9 Å². The number of nitrogens with zero attached hydrogens (tertiary/aromatic N) is 3. The van der Waals surface area contributed by atoms with Crippen LogP contribution in [-0.4, -0.2) is 53.5 Å². The van der Waals surface area contributed by atoms with Crippen LogP contribution in [0.15, 0.2) is 83.8 Å². The van der Waals surface area contributed by atoms with Gasteiger partial charge in [0.15, 0.2) is 0 Å². The smallest absolute Gasteiger partial charge is 0.253 e. The van der Waals surface area contributed by atoms with Gasteiger partial charge in [-0.3, -0.25) is 14.5 Å². The number of thioether (sulfide) groups is 1. The summed E-state index contributed by atoms with van der Waals surface area (Å²) in [5.74, 6) is 0.616. The molecule has 2 amide bonds. The molecule has 1 fully saturated rings. The van der Waals surface area contributed by atoms with Gasteiger partial charge in [0.05, 0.1) is 18.0 Å². The van der Waals surface area contributed by atoms with Crippen LogP contribution in [0.5, 0.6) is 0 Å². The third-order valence-electron chi connectivity index (χ3n) is 6.23. The van der Waals surface area contributed by atoms with E-state index in [9.17, 15) is 9.59 Å². The minimum Gasteiger partial charge on any atom is -0.336 e. The number of fused-ring (bicyclic) bond motifs is 1. The van der Waals surface area contributed by atoms with Crippen LogP contribution in [0.1, 0.15) is 21.5 Å². The standard InChI is InChI=1S/C27H27N3O2S/c31-26-20-33-25-12-5-4-11-24(25)30(26)19-22-9-6-10-23(17-22)27(32)29-15-13-28(14-16-29)18-21-7-2-1-3-8-21/h1-12,17H,13-16,18-20H2. The van der Waals surface area contributed by atoms with Crippen LogP contribution in [0.2, 0.25) is 0 Å². The number of para-hydroxylation sites is 1. The van der Waals surface area contributed by atoms with Crippen molar-refractivity contribution in [2.24, 2.45) is 0 Å². The van der Waals surface area contributed by atoms with Crippen LogP contribution in [0.4, 0.5) is 5.69 Å². The second kappa shape index (κ2) is 9.81. The maximum absolute atomic E-state index is 13.2. The van der Waals surface area contributed by atoms with E-state index in [2.05, 4.69) is 35.2 Å². The maximum atomic E-state index is 13.2. The lowest BCUT2D eigenvalue weighted by atomic mass is 10.1. The van der Waals surface area contributed by atoms with Crippen molar-refractivity contribution in [1.29, 1.82) is 0 Å². The lowest BCUT2D eigenvalue weighted by Crippen LogP contribution is -2.48. The van der Waals surface area contributed by atoms with Crippen molar-refractivity contribution >= 4 is 29.3 Å². The second-order valence-electron chi connectivity index (χ2n) is 8.49. The van der Waals surface area contributed by atoms with Crippen LogP contribution in [0, 0.1) is 0 Å². The molecule has 0 saturated carbocycles. The second-order valence-corrected chi connectivity index (χ2v) is 9.51. The molecule has 5 nitrogen and oxygen atoms in total. The molecular formula is C27H27N3O2S. The first-order chi connectivity index (χ1) is 16.2. The fourth-order valence-electron chi connectivity index (χ4n) is 4.45. The van der Waals surface area contributed by atoms with E-state index in [0.717, 1.165) is 48.9 Å². The molecule has 2 heterocycles. The van der Waals surface area contributed by atoms with Crippen molar-refractivity contribution in [1.82, 2.24) is 9.80 Å². The molecule has 2 aliphatic heterocycles. The molecule has 0 radical (unpaired) electrons. The number of hydrogen-bond donors (Lipinski definition) is 0. The summed E-state index contributed by atoms with van der Waals surface area (Å²) < 4.78 is 0. The number of amides is 2. The van der Waals surface area contributed by atoms with Crippen molar-refractivity contribution in [3.63, 3.8) is 0 Å². The van der Waals surface area contributed by atoms with Crippen molar-refractivity contribution in [2.45, 2.75) is 18.0 Å². The number of rotatable bonds is 5. The average molecular weight is 458 g/mol. The number of carbonyl (C=O) groups excluding carboxylic acids is 2. The fourth-order valence-corrected chi connectivity index (χ4v) is 5.38. The lowest BCUT2D eigenvalue weighted by Gasteiger charge is -2.35. The Bertz CT molecular complexity index is 1140. The van der Waals surface area contributed by atoms with Gasteiger partial charge in [-0.25, -0.2) is 0 Å². The topological polar surface area (TPSA) is 43.9 Å². The Kier molecular flexibility index (Phi) is 6.46. The third kappa shape index (κ3) is 4.97. The molecule has 33 heavy (non-hydrogen) atoms. The van der Waals surface area contributed by atoms with Gasteiger partial charge in [0.25, 0.3) is 5.91 Å². The molecular weight excluding hydrogens is 430 g/mol. The Hall–Kier alpha value is -3.09. The van der Waals surface area contributed by atoms with Gasteiger partial charge in [0, 0.05) is 43.2 Å². The predicted molar refractivity (Wildman–Crippen MR) is 132 cm³/mol. The maximum Gasteiger partial charge on any atom is 0.253 e. The monoisotopic (exact) mass is 457 g/mol. The zero-order chi connectivity index (χ0) is 22.6. The van der Waals surface area contributed by atoms with E-state index in [1.165, 1.54) is 5.56 Å². The van der Waals surface area contributed by atoms with E-state index in [4.69, 9.17) is 0 Å². The first-order valence-electron chi connectivity index (χ1n) is 11.3. The molecule has 6 heteroatoms. The van der Waals surface area contributed by atoms with Crippen molar-refractivity contribution < 1.29 is 9.59 Å². The minimum absolute atomic E-state index is 0.0668. The summed E-state index contributed by atoms with van der Waals surface area (Å²) in [7, 11) is 0. The molecule has 0 aromatic heterocycles. The number of hydrogen-bond acceptors (Lipinski definition) is 4. The average Bonchev–Trinajstić information content (AvgIpc) is 2.87. The van der Waals surface area contributed by atoms with Gasteiger partial charge in [-0.1, -0.05) is 54.6 Å². The molecule has 3 aromatic rings. The fraction of sp³-hybridized carbons (Fsp3) is 0.259. The molecule has 0 atom stereocenters. The summed E-state index contributed by atoms with van der Waals surface area (Å²) in [5.41, 5.74) is 3.91. The van der Waals surface area contributed by atoms with Crippen LogP contribution in [0.25, 0.3) is 0 Å². The summed E-state index contributed by atoms with van der Waals surface area (Å²) in [6, 6.07) is 26.2. The van der Waals surface area contributed by atoms with Crippen LogP contribution in [0.3, 0.4) is 0 Å². The molecule has 5 rings (SSSR count). The van der Waals surface area contributed by atoms with E-state index < -0.39 is 0 Å². The van der Waals surface area contributed by atoms with Gasteiger partial charge in [-0.2, -0.15) is 0 Å². The van der Waals surface area contributed by atoms with Gasteiger partial charge in [0.2, 0.25) is 5.91 Å². The van der Waals surface area contributed by atoms with Crippen molar-refractivity contribution in [3.05, 3.63) is 95.6 Å². The molecule has 0 bridgehead atoms. The Labute approximate surface area is 199 Å². The van der Waals surface area contributed by atoms with E-state index in [-0.39, 0.29) is 11.8 Å². The lowest BCUT2D eigenvalue weighted by molar-refractivity contribution is -0.116. The van der Waals surface area contributed by atoms with E-state index in [0.29, 0.717) is 17.9 Å². The quantitative estimate of drug-likeness (QED) is 0.574. The van der Waals surface area contributed by atoms with Crippen LogP contribution < -0.4 is 4.90 Å². The van der Waals surface area contributed by atoms with Gasteiger partial charge in [0.1, 0.15) is 0 Å². The molecule has 1 saturated heterocycles. The summed E-state index contributed by atoms with van der Waals surface area (Å²) in [5, 5.41) is 0. The number of benzene rings is 3. The highest BCUT2D eigenvalue weighted by Gasteiger charge is 2.26. The molecule has 3 aromatic carbocycles. The third-order valence-corrected chi connectivity index (χ3v) is 7.28. The van der Waals surface area contributed by atoms with Gasteiger partial charge in [-0.05, 0) is 35.4 Å². The Morgan fingerprint density at radius 1 is 0.788 bits per heavy atom. The number of anilines is 1. The van der Waals surface area contributed by atoms with E-state index >= 15 is 0 Å². The zero-order valence-corrected chi connectivity index (χ0v) is 19.3.